The number of methoxy groups -OCH3 is 1. The molecule has 0 aliphatic rings. The molecule has 0 atom stereocenters. The zero-order valence-corrected chi connectivity index (χ0v) is 8.60. The van der Waals surface area contributed by atoms with Gasteiger partial charge in [-0.25, -0.2) is 0 Å². The Bertz CT molecular complexity index is 281. The molecule has 1 aromatic carbocycles. The fraction of sp³-hybridized carbons (Fsp3) is 0.200. The van der Waals surface area contributed by atoms with Gasteiger partial charge in [0.25, 0.3) is 0 Å². The van der Waals surface area contributed by atoms with Gasteiger partial charge in [-0.3, -0.25) is 0 Å². The molecule has 0 N–H and O–H groups in total. The van der Waals surface area contributed by atoms with Crippen LogP contribution in [-0.2, 0) is 5.33 Å². The third-order valence-corrected chi connectivity index (χ3v) is 2.29. The lowest BCUT2D eigenvalue weighted by atomic mass is 10.1. The zero-order valence-electron chi connectivity index (χ0n) is 7.01. The summed E-state index contributed by atoms with van der Waals surface area (Å²) in [6.45, 7) is 3.69. The molecular formula is C10H11BrO. The van der Waals surface area contributed by atoms with Crippen LogP contribution in [0, 0.1) is 0 Å². The Morgan fingerprint density at radius 3 is 2.83 bits per heavy atom. The van der Waals surface area contributed by atoms with Gasteiger partial charge >= 0.3 is 0 Å². The molecule has 0 aliphatic carbocycles. The van der Waals surface area contributed by atoms with Crippen LogP contribution >= 0.6 is 15.9 Å². The molecule has 64 valence electrons. The first-order valence-electron chi connectivity index (χ1n) is 3.67. The van der Waals surface area contributed by atoms with Crippen molar-refractivity contribution in [3.8, 4) is 5.75 Å². The fourth-order valence-electron chi connectivity index (χ4n) is 0.999. The minimum absolute atomic E-state index is 0.813. The van der Waals surface area contributed by atoms with Gasteiger partial charge in [-0.1, -0.05) is 40.7 Å². The Balaban J connectivity index is 3.10. The van der Waals surface area contributed by atoms with Crippen molar-refractivity contribution in [2.24, 2.45) is 0 Å². The largest absolute Gasteiger partial charge is 0.496 e. The Hall–Kier alpha value is -0.760. The lowest BCUT2D eigenvalue weighted by molar-refractivity contribution is 0.411. The molecule has 0 aliphatic heterocycles. The first kappa shape index (κ1) is 9.33. The molecule has 0 saturated heterocycles. The molecule has 0 aromatic heterocycles. The lowest BCUT2D eigenvalue weighted by Gasteiger charge is -2.06. The minimum Gasteiger partial charge on any atom is -0.496 e. The number of benzene rings is 1. The SMILES string of the molecule is C=Cc1ccc(CBr)c(OC)c1. The molecule has 0 spiro atoms. The normalized spacial score (nSPS) is 9.50. The molecular weight excluding hydrogens is 216 g/mol. The highest BCUT2D eigenvalue weighted by Crippen LogP contribution is 2.22. The molecule has 1 aromatic rings. The van der Waals surface area contributed by atoms with Gasteiger partial charge in [0.05, 0.1) is 7.11 Å². The smallest absolute Gasteiger partial charge is 0.123 e. The van der Waals surface area contributed by atoms with Gasteiger partial charge in [-0.15, -0.1) is 0 Å². The molecule has 12 heavy (non-hydrogen) atoms. The lowest BCUT2D eigenvalue weighted by Crippen LogP contribution is -1.89. The van der Waals surface area contributed by atoms with Gasteiger partial charge in [0.2, 0.25) is 0 Å². The minimum atomic E-state index is 0.813. The third kappa shape index (κ3) is 1.89. The summed E-state index contributed by atoms with van der Waals surface area (Å²) in [6.07, 6.45) is 1.81. The van der Waals surface area contributed by atoms with E-state index in [1.807, 2.05) is 18.2 Å². The van der Waals surface area contributed by atoms with Crippen molar-refractivity contribution in [2.75, 3.05) is 7.11 Å². The van der Waals surface area contributed by atoms with E-state index in [9.17, 15) is 0 Å². The molecule has 1 rings (SSSR count). The van der Waals surface area contributed by atoms with E-state index in [2.05, 4.69) is 22.5 Å². The highest BCUT2D eigenvalue weighted by molar-refractivity contribution is 9.08. The number of ether oxygens (including phenoxy) is 1. The van der Waals surface area contributed by atoms with E-state index >= 15 is 0 Å². The number of halogens is 1. The Morgan fingerprint density at radius 2 is 2.33 bits per heavy atom. The average molecular weight is 227 g/mol. The number of rotatable bonds is 3. The van der Waals surface area contributed by atoms with E-state index in [0.29, 0.717) is 0 Å². The third-order valence-electron chi connectivity index (χ3n) is 1.69. The van der Waals surface area contributed by atoms with E-state index in [4.69, 9.17) is 4.74 Å². The molecule has 0 radical (unpaired) electrons. The van der Waals surface area contributed by atoms with Crippen molar-refractivity contribution in [3.05, 3.63) is 35.9 Å². The van der Waals surface area contributed by atoms with Gasteiger partial charge in [-0.05, 0) is 11.6 Å². The number of alkyl halides is 1. The quantitative estimate of drug-likeness (QED) is 0.720. The molecule has 2 heteroatoms. The van der Waals surface area contributed by atoms with Crippen LogP contribution in [0.1, 0.15) is 11.1 Å². The van der Waals surface area contributed by atoms with Gasteiger partial charge in [0.1, 0.15) is 5.75 Å². The second-order valence-electron chi connectivity index (χ2n) is 2.41. The van der Waals surface area contributed by atoms with Crippen molar-refractivity contribution < 1.29 is 4.74 Å². The molecule has 0 unspecified atom stereocenters. The van der Waals surface area contributed by atoms with E-state index in [1.54, 1.807) is 13.2 Å². The Morgan fingerprint density at radius 1 is 1.58 bits per heavy atom. The van der Waals surface area contributed by atoms with Crippen LogP contribution in [0.15, 0.2) is 24.8 Å². The van der Waals surface area contributed by atoms with Crippen molar-refractivity contribution >= 4 is 22.0 Å². The fourth-order valence-corrected chi connectivity index (χ4v) is 1.46. The van der Waals surface area contributed by atoms with E-state index in [0.717, 1.165) is 22.2 Å². The summed E-state index contributed by atoms with van der Waals surface area (Å²) in [5.41, 5.74) is 2.24. The van der Waals surface area contributed by atoms with Crippen LogP contribution in [0.5, 0.6) is 5.75 Å². The highest BCUT2D eigenvalue weighted by atomic mass is 79.9. The Kier molecular flexibility index (Phi) is 3.35. The monoisotopic (exact) mass is 226 g/mol. The molecule has 0 heterocycles. The summed E-state index contributed by atoms with van der Waals surface area (Å²) < 4.78 is 5.20. The van der Waals surface area contributed by atoms with Gasteiger partial charge in [-0.2, -0.15) is 0 Å². The van der Waals surface area contributed by atoms with Crippen LogP contribution < -0.4 is 4.74 Å². The van der Waals surface area contributed by atoms with Crippen molar-refractivity contribution in [1.29, 1.82) is 0 Å². The van der Waals surface area contributed by atoms with Gasteiger partial charge in [0, 0.05) is 10.9 Å². The van der Waals surface area contributed by atoms with Crippen molar-refractivity contribution in [1.82, 2.24) is 0 Å². The van der Waals surface area contributed by atoms with Crippen LogP contribution in [-0.4, -0.2) is 7.11 Å². The number of hydrogen-bond acceptors (Lipinski definition) is 1. The maximum absolute atomic E-state index is 5.20. The van der Waals surface area contributed by atoms with Gasteiger partial charge < -0.3 is 4.74 Å². The van der Waals surface area contributed by atoms with Crippen LogP contribution in [0.4, 0.5) is 0 Å². The summed E-state index contributed by atoms with van der Waals surface area (Å²) in [7, 11) is 1.67. The van der Waals surface area contributed by atoms with Crippen LogP contribution in [0.3, 0.4) is 0 Å². The zero-order chi connectivity index (χ0) is 8.97. The van der Waals surface area contributed by atoms with Crippen LogP contribution in [0.2, 0.25) is 0 Å². The second kappa shape index (κ2) is 4.31. The second-order valence-corrected chi connectivity index (χ2v) is 2.97. The van der Waals surface area contributed by atoms with Crippen molar-refractivity contribution in [2.45, 2.75) is 5.33 Å². The summed E-state index contributed by atoms with van der Waals surface area (Å²) in [4.78, 5) is 0. The van der Waals surface area contributed by atoms with Crippen molar-refractivity contribution in [3.63, 3.8) is 0 Å². The average Bonchev–Trinajstić information content (AvgIpc) is 2.16. The highest BCUT2D eigenvalue weighted by Gasteiger charge is 2.00. The Labute approximate surface area is 81.2 Å². The maximum Gasteiger partial charge on any atom is 0.123 e. The van der Waals surface area contributed by atoms with E-state index in [1.165, 1.54) is 0 Å². The molecule has 0 amide bonds. The summed E-state index contributed by atoms with van der Waals surface area (Å²) in [6, 6.07) is 6.03. The van der Waals surface area contributed by atoms with Gasteiger partial charge in [0.15, 0.2) is 0 Å². The predicted octanol–water partition coefficient (Wildman–Crippen LogP) is 3.23. The van der Waals surface area contributed by atoms with E-state index in [-0.39, 0.29) is 0 Å². The first-order chi connectivity index (χ1) is 5.81. The summed E-state index contributed by atoms with van der Waals surface area (Å²) >= 11 is 3.39. The van der Waals surface area contributed by atoms with E-state index < -0.39 is 0 Å². The van der Waals surface area contributed by atoms with Crippen LogP contribution in [0.25, 0.3) is 6.08 Å². The summed E-state index contributed by atoms with van der Waals surface area (Å²) in [5, 5.41) is 0.813. The maximum atomic E-state index is 5.20. The molecule has 0 saturated carbocycles. The summed E-state index contributed by atoms with van der Waals surface area (Å²) in [5.74, 6) is 0.907. The molecule has 1 nitrogen and oxygen atoms in total. The molecule has 0 fully saturated rings. The molecule has 0 bridgehead atoms. The predicted molar refractivity (Wildman–Crippen MR) is 55.7 cm³/mol. The first-order valence-corrected chi connectivity index (χ1v) is 4.79. The standard InChI is InChI=1S/C10H11BrO/c1-3-8-4-5-9(7-11)10(6-8)12-2/h3-6H,1,7H2,2H3. The topological polar surface area (TPSA) is 9.23 Å². The number of hydrogen-bond donors (Lipinski definition) is 0.